The van der Waals surface area contributed by atoms with Gasteiger partial charge in [0.25, 0.3) is 0 Å². The van der Waals surface area contributed by atoms with E-state index in [2.05, 4.69) is 69.6 Å². The quantitative estimate of drug-likeness (QED) is 0.719. The molecule has 2 nitrogen and oxygen atoms in total. The van der Waals surface area contributed by atoms with Crippen molar-refractivity contribution < 1.29 is 0 Å². The second-order valence-corrected chi connectivity index (χ2v) is 6.21. The Morgan fingerprint density at radius 1 is 1.10 bits per heavy atom. The number of halogens is 1. The van der Waals surface area contributed by atoms with E-state index in [1.165, 1.54) is 10.9 Å². The van der Waals surface area contributed by atoms with Gasteiger partial charge in [-0.2, -0.15) is 0 Å². The molecule has 0 bridgehead atoms. The van der Waals surface area contributed by atoms with Crippen LogP contribution in [0.4, 0.5) is 5.69 Å². The highest BCUT2D eigenvalue weighted by Gasteiger charge is 2.05. The van der Waals surface area contributed by atoms with Crippen molar-refractivity contribution in [1.29, 1.82) is 0 Å². The number of anilines is 1. The third-order valence-electron chi connectivity index (χ3n) is 3.46. The lowest BCUT2D eigenvalue weighted by atomic mass is 10.1. The normalized spacial score (nSPS) is 12.3. The Kier molecular flexibility index (Phi) is 4.20. The summed E-state index contributed by atoms with van der Waals surface area (Å²) < 4.78 is 1.12. The van der Waals surface area contributed by atoms with Crippen molar-refractivity contribution in [2.24, 2.45) is 0 Å². The van der Waals surface area contributed by atoms with Crippen molar-refractivity contribution in [2.75, 3.05) is 5.32 Å². The van der Waals surface area contributed by atoms with E-state index in [4.69, 9.17) is 0 Å². The first-order valence-corrected chi connectivity index (χ1v) is 7.86. The first kappa shape index (κ1) is 14.1. The molecule has 1 N–H and O–H groups in total. The van der Waals surface area contributed by atoms with Gasteiger partial charge < -0.3 is 5.32 Å². The van der Waals surface area contributed by atoms with Gasteiger partial charge in [-0.1, -0.05) is 46.3 Å². The van der Waals surface area contributed by atoms with Crippen molar-refractivity contribution in [3.63, 3.8) is 0 Å². The van der Waals surface area contributed by atoms with Gasteiger partial charge in [0.15, 0.2) is 0 Å². The number of nitrogens with zero attached hydrogens (tertiary/aromatic N) is 1. The molecule has 0 saturated heterocycles. The molecule has 0 amide bonds. The van der Waals surface area contributed by atoms with Crippen LogP contribution in [-0.4, -0.2) is 11.0 Å². The number of pyridine rings is 1. The highest BCUT2D eigenvalue weighted by atomic mass is 79.9. The fourth-order valence-electron chi connectivity index (χ4n) is 2.46. The molecule has 1 aromatic heterocycles. The zero-order valence-corrected chi connectivity index (χ0v) is 13.5. The van der Waals surface area contributed by atoms with Crippen LogP contribution in [-0.2, 0) is 6.42 Å². The summed E-state index contributed by atoms with van der Waals surface area (Å²) in [6.45, 7) is 2.19. The van der Waals surface area contributed by atoms with E-state index in [1.807, 2.05) is 24.4 Å². The summed E-state index contributed by atoms with van der Waals surface area (Å²) in [6, 6.07) is 19.2. The van der Waals surface area contributed by atoms with Crippen LogP contribution in [0.5, 0.6) is 0 Å². The highest BCUT2D eigenvalue weighted by molar-refractivity contribution is 9.10. The zero-order chi connectivity index (χ0) is 14.7. The number of aromatic nitrogens is 1. The van der Waals surface area contributed by atoms with Gasteiger partial charge in [-0.05, 0) is 43.2 Å². The Balaban J connectivity index is 1.70. The Morgan fingerprint density at radius 3 is 2.67 bits per heavy atom. The average Bonchev–Trinajstić information content (AvgIpc) is 2.49. The lowest BCUT2D eigenvalue weighted by Crippen LogP contribution is -2.18. The Labute approximate surface area is 133 Å². The van der Waals surface area contributed by atoms with E-state index in [1.54, 1.807) is 0 Å². The summed E-state index contributed by atoms with van der Waals surface area (Å²) in [6.07, 6.45) is 2.89. The van der Waals surface area contributed by atoms with Crippen molar-refractivity contribution in [3.8, 4) is 0 Å². The van der Waals surface area contributed by atoms with Gasteiger partial charge in [-0.3, -0.25) is 4.98 Å². The summed E-state index contributed by atoms with van der Waals surface area (Å²) in [4.78, 5) is 4.48. The van der Waals surface area contributed by atoms with Crippen LogP contribution in [0, 0.1) is 0 Å². The van der Waals surface area contributed by atoms with Gasteiger partial charge >= 0.3 is 0 Å². The van der Waals surface area contributed by atoms with E-state index in [0.29, 0.717) is 6.04 Å². The number of para-hydroxylation sites is 1. The second-order valence-electron chi connectivity index (χ2n) is 5.29. The van der Waals surface area contributed by atoms with Crippen LogP contribution in [0.3, 0.4) is 0 Å². The topological polar surface area (TPSA) is 24.9 Å². The van der Waals surface area contributed by atoms with E-state index < -0.39 is 0 Å². The molecule has 3 heteroatoms. The minimum Gasteiger partial charge on any atom is -0.381 e. The van der Waals surface area contributed by atoms with Crippen LogP contribution < -0.4 is 5.32 Å². The Morgan fingerprint density at radius 2 is 1.86 bits per heavy atom. The molecule has 106 valence electrons. The number of fused-ring (bicyclic) bond motifs is 1. The van der Waals surface area contributed by atoms with Crippen molar-refractivity contribution >= 4 is 32.5 Å². The molecule has 0 spiro atoms. The van der Waals surface area contributed by atoms with Gasteiger partial charge in [0.1, 0.15) is 0 Å². The predicted molar refractivity (Wildman–Crippen MR) is 92.7 cm³/mol. The Bertz CT molecular complexity index is 738. The van der Waals surface area contributed by atoms with E-state index in [0.717, 1.165) is 22.1 Å². The predicted octanol–water partition coefficient (Wildman–Crippen LogP) is 5.04. The standard InChI is InChI=1S/C18H17BrN2/c1-13(10-14-6-8-16(19)9-7-14)21-17-11-15-4-2-3-5-18(15)20-12-17/h2-9,11-13,21H,10H2,1H3. The zero-order valence-electron chi connectivity index (χ0n) is 11.9. The van der Waals surface area contributed by atoms with Crippen LogP contribution in [0.15, 0.2) is 65.3 Å². The summed E-state index contributed by atoms with van der Waals surface area (Å²) >= 11 is 3.46. The van der Waals surface area contributed by atoms with Gasteiger partial charge in [0, 0.05) is 15.9 Å². The second kappa shape index (κ2) is 6.27. The van der Waals surface area contributed by atoms with Gasteiger partial charge in [0.05, 0.1) is 17.4 Å². The molecule has 0 saturated carbocycles. The van der Waals surface area contributed by atoms with Gasteiger partial charge in [-0.15, -0.1) is 0 Å². The summed E-state index contributed by atoms with van der Waals surface area (Å²) in [5.74, 6) is 0. The maximum Gasteiger partial charge on any atom is 0.0703 e. The van der Waals surface area contributed by atoms with E-state index in [-0.39, 0.29) is 0 Å². The molecule has 2 aromatic carbocycles. The van der Waals surface area contributed by atoms with Crippen LogP contribution in [0.1, 0.15) is 12.5 Å². The first-order valence-electron chi connectivity index (χ1n) is 7.06. The van der Waals surface area contributed by atoms with Crippen molar-refractivity contribution in [1.82, 2.24) is 4.98 Å². The molecular weight excluding hydrogens is 324 g/mol. The lowest BCUT2D eigenvalue weighted by molar-refractivity contribution is 0.790. The van der Waals surface area contributed by atoms with E-state index in [9.17, 15) is 0 Å². The number of nitrogens with one attached hydrogen (secondary N) is 1. The molecule has 0 aliphatic carbocycles. The van der Waals surface area contributed by atoms with Crippen LogP contribution >= 0.6 is 15.9 Å². The molecule has 1 heterocycles. The average molecular weight is 341 g/mol. The summed E-state index contributed by atoms with van der Waals surface area (Å²) in [7, 11) is 0. The molecule has 21 heavy (non-hydrogen) atoms. The molecule has 1 atom stereocenters. The summed E-state index contributed by atoms with van der Waals surface area (Å²) in [5.41, 5.74) is 3.42. The van der Waals surface area contributed by atoms with Crippen molar-refractivity contribution in [2.45, 2.75) is 19.4 Å². The Hall–Kier alpha value is -1.87. The molecule has 3 aromatic rings. The SMILES string of the molecule is CC(Cc1ccc(Br)cc1)Nc1cnc2ccccc2c1. The molecule has 0 aliphatic heterocycles. The van der Waals surface area contributed by atoms with E-state index >= 15 is 0 Å². The fraction of sp³-hybridized carbons (Fsp3) is 0.167. The molecule has 0 aliphatic rings. The maximum absolute atomic E-state index is 4.48. The molecule has 3 rings (SSSR count). The first-order chi connectivity index (χ1) is 10.2. The monoisotopic (exact) mass is 340 g/mol. The van der Waals surface area contributed by atoms with Crippen molar-refractivity contribution in [3.05, 3.63) is 70.8 Å². The summed E-state index contributed by atoms with van der Waals surface area (Å²) in [5, 5.41) is 4.69. The van der Waals surface area contributed by atoms with Gasteiger partial charge in [-0.25, -0.2) is 0 Å². The smallest absolute Gasteiger partial charge is 0.0703 e. The minimum atomic E-state index is 0.356. The fourth-order valence-corrected chi connectivity index (χ4v) is 2.72. The van der Waals surface area contributed by atoms with Gasteiger partial charge in [0.2, 0.25) is 0 Å². The van der Waals surface area contributed by atoms with Crippen LogP contribution in [0.25, 0.3) is 10.9 Å². The largest absolute Gasteiger partial charge is 0.381 e. The highest BCUT2D eigenvalue weighted by Crippen LogP contribution is 2.18. The maximum atomic E-state index is 4.48. The third-order valence-corrected chi connectivity index (χ3v) is 3.99. The molecule has 0 radical (unpaired) electrons. The molecule has 1 unspecified atom stereocenters. The molecular formula is C18H17BrN2. The molecule has 0 fully saturated rings. The van der Waals surface area contributed by atoms with Crippen LogP contribution in [0.2, 0.25) is 0 Å². The number of hydrogen-bond donors (Lipinski definition) is 1. The number of benzene rings is 2. The third kappa shape index (κ3) is 3.61. The lowest BCUT2D eigenvalue weighted by Gasteiger charge is -2.15. The minimum absolute atomic E-state index is 0.356. The number of hydrogen-bond acceptors (Lipinski definition) is 2. The number of rotatable bonds is 4.